The number of thiophene rings is 1. The summed E-state index contributed by atoms with van der Waals surface area (Å²) in [6.07, 6.45) is -0.508. The van der Waals surface area contributed by atoms with E-state index in [2.05, 4.69) is 22.0 Å². The molecule has 1 atom stereocenters. The lowest BCUT2D eigenvalue weighted by Crippen LogP contribution is -2.00. The van der Waals surface area contributed by atoms with Gasteiger partial charge in [0, 0.05) is 9.35 Å². The Morgan fingerprint density at radius 2 is 2.00 bits per heavy atom. The maximum Gasteiger partial charge on any atom is 0.113 e. The lowest BCUT2D eigenvalue weighted by molar-refractivity contribution is 0.223. The Hall–Kier alpha value is -0.640. The molecule has 0 aliphatic heterocycles. The van der Waals surface area contributed by atoms with Crippen molar-refractivity contribution in [1.82, 2.24) is 0 Å². The van der Waals surface area contributed by atoms with Crippen molar-refractivity contribution in [2.24, 2.45) is 0 Å². The second kappa shape index (κ2) is 4.70. The minimum atomic E-state index is -0.508. The van der Waals surface area contributed by atoms with Gasteiger partial charge in [-0.05, 0) is 48.1 Å². The molecule has 84 valence electrons. The van der Waals surface area contributed by atoms with Crippen molar-refractivity contribution in [2.75, 3.05) is 0 Å². The Kier molecular flexibility index (Phi) is 3.47. The number of hydrogen-bond acceptors (Lipinski definition) is 2. The Morgan fingerprint density at radius 3 is 2.62 bits per heavy atom. The third kappa shape index (κ3) is 2.21. The first-order chi connectivity index (χ1) is 7.59. The normalized spacial score (nSPS) is 12.8. The number of aliphatic hydroxyl groups is 1. The Bertz CT molecular complexity index is 491. The number of benzene rings is 1. The van der Waals surface area contributed by atoms with E-state index in [0.29, 0.717) is 0 Å². The standard InChI is InChI=1S/C13H13BrOS/c1-8-7-11(14)9(2)6-10(8)13(15)12-4-3-5-16-12/h3-7,13,15H,1-2H3. The lowest BCUT2D eigenvalue weighted by atomic mass is 10.00. The topological polar surface area (TPSA) is 20.2 Å². The highest BCUT2D eigenvalue weighted by Gasteiger charge is 2.14. The van der Waals surface area contributed by atoms with Gasteiger partial charge in [0.25, 0.3) is 0 Å². The highest BCUT2D eigenvalue weighted by molar-refractivity contribution is 9.10. The first-order valence-corrected chi connectivity index (χ1v) is 6.75. The molecule has 0 fully saturated rings. The summed E-state index contributed by atoms with van der Waals surface area (Å²) in [5, 5.41) is 12.3. The molecule has 2 rings (SSSR count). The maximum absolute atomic E-state index is 10.3. The molecule has 2 aromatic rings. The summed E-state index contributed by atoms with van der Waals surface area (Å²) in [4.78, 5) is 0.991. The molecule has 0 bridgehead atoms. The Labute approximate surface area is 108 Å². The molecule has 1 aromatic heterocycles. The van der Waals surface area contributed by atoms with Gasteiger partial charge in [0.2, 0.25) is 0 Å². The van der Waals surface area contributed by atoms with Crippen molar-refractivity contribution in [2.45, 2.75) is 20.0 Å². The van der Waals surface area contributed by atoms with E-state index in [9.17, 15) is 5.11 Å². The summed E-state index contributed by atoms with van der Waals surface area (Å²) in [5.74, 6) is 0. The van der Waals surface area contributed by atoms with Gasteiger partial charge in [-0.25, -0.2) is 0 Å². The van der Waals surface area contributed by atoms with Crippen LogP contribution in [0.1, 0.15) is 27.7 Å². The van der Waals surface area contributed by atoms with Gasteiger partial charge in [-0.15, -0.1) is 11.3 Å². The van der Waals surface area contributed by atoms with Crippen LogP contribution in [0.2, 0.25) is 0 Å². The van der Waals surface area contributed by atoms with Crippen molar-refractivity contribution in [3.63, 3.8) is 0 Å². The lowest BCUT2D eigenvalue weighted by Gasteiger charge is -2.14. The smallest absolute Gasteiger partial charge is 0.113 e. The number of aryl methyl sites for hydroxylation is 2. The van der Waals surface area contributed by atoms with Gasteiger partial charge in [-0.3, -0.25) is 0 Å². The fourth-order valence-electron chi connectivity index (χ4n) is 1.70. The third-order valence-electron chi connectivity index (χ3n) is 2.65. The largest absolute Gasteiger partial charge is 0.383 e. The summed E-state index contributed by atoms with van der Waals surface area (Å²) in [5.41, 5.74) is 3.25. The van der Waals surface area contributed by atoms with E-state index in [4.69, 9.17) is 0 Å². The average molecular weight is 297 g/mol. The Morgan fingerprint density at radius 1 is 1.25 bits per heavy atom. The molecule has 0 spiro atoms. The van der Waals surface area contributed by atoms with Gasteiger partial charge in [0.1, 0.15) is 6.10 Å². The molecule has 0 aliphatic carbocycles. The zero-order valence-electron chi connectivity index (χ0n) is 9.20. The number of aliphatic hydroxyl groups excluding tert-OH is 1. The van der Waals surface area contributed by atoms with Crippen molar-refractivity contribution >= 4 is 27.3 Å². The molecule has 0 saturated heterocycles. The van der Waals surface area contributed by atoms with Crippen LogP contribution in [0.3, 0.4) is 0 Å². The minimum absolute atomic E-state index is 0.508. The predicted molar refractivity (Wildman–Crippen MR) is 72.0 cm³/mol. The SMILES string of the molecule is Cc1cc(C(O)c2cccs2)c(C)cc1Br. The van der Waals surface area contributed by atoms with E-state index in [1.54, 1.807) is 11.3 Å². The monoisotopic (exact) mass is 296 g/mol. The van der Waals surface area contributed by atoms with Crippen LogP contribution in [0.15, 0.2) is 34.1 Å². The van der Waals surface area contributed by atoms with Crippen molar-refractivity contribution in [3.8, 4) is 0 Å². The summed E-state index contributed by atoms with van der Waals surface area (Å²) in [6.45, 7) is 4.06. The van der Waals surface area contributed by atoms with E-state index < -0.39 is 6.10 Å². The minimum Gasteiger partial charge on any atom is -0.383 e. The van der Waals surface area contributed by atoms with Gasteiger partial charge in [-0.2, -0.15) is 0 Å². The number of hydrogen-bond donors (Lipinski definition) is 1. The van der Waals surface area contributed by atoms with Crippen LogP contribution in [0.25, 0.3) is 0 Å². The molecule has 3 heteroatoms. The molecule has 0 aliphatic rings. The highest BCUT2D eigenvalue weighted by atomic mass is 79.9. The van der Waals surface area contributed by atoms with Crippen LogP contribution in [0.5, 0.6) is 0 Å². The second-order valence-corrected chi connectivity index (χ2v) is 5.71. The van der Waals surface area contributed by atoms with Crippen LogP contribution in [0.4, 0.5) is 0 Å². The third-order valence-corrected chi connectivity index (χ3v) is 4.43. The van der Waals surface area contributed by atoms with E-state index in [1.165, 1.54) is 0 Å². The van der Waals surface area contributed by atoms with Gasteiger partial charge in [-0.1, -0.05) is 28.1 Å². The molecular weight excluding hydrogens is 284 g/mol. The zero-order valence-corrected chi connectivity index (χ0v) is 11.6. The van der Waals surface area contributed by atoms with E-state index >= 15 is 0 Å². The first-order valence-electron chi connectivity index (χ1n) is 5.07. The molecule has 16 heavy (non-hydrogen) atoms. The molecule has 1 aromatic carbocycles. The van der Waals surface area contributed by atoms with E-state index in [1.807, 2.05) is 37.4 Å². The van der Waals surface area contributed by atoms with Crippen LogP contribution < -0.4 is 0 Å². The van der Waals surface area contributed by atoms with Gasteiger partial charge >= 0.3 is 0 Å². The molecule has 1 unspecified atom stereocenters. The van der Waals surface area contributed by atoms with Crippen molar-refractivity contribution in [1.29, 1.82) is 0 Å². The zero-order chi connectivity index (χ0) is 11.7. The molecule has 0 radical (unpaired) electrons. The molecule has 1 heterocycles. The number of rotatable bonds is 2. The molecule has 0 saturated carbocycles. The van der Waals surface area contributed by atoms with E-state index in [0.717, 1.165) is 26.0 Å². The Balaban J connectivity index is 2.44. The second-order valence-electron chi connectivity index (χ2n) is 3.88. The highest BCUT2D eigenvalue weighted by Crippen LogP contribution is 2.31. The molecule has 1 nitrogen and oxygen atoms in total. The van der Waals surface area contributed by atoms with Crippen molar-refractivity contribution in [3.05, 3.63) is 55.7 Å². The van der Waals surface area contributed by atoms with Crippen LogP contribution in [-0.2, 0) is 0 Å². The van der Waals surface area contributed by atoms with Gasteiger partial charge in [0.15, 0.2) is 0 Å². The predicted octanol–water partition coefficient (Wildman–Crippen LogP) is 4.21. The molecule has 0 amide bonds. The van der Waals surface area contributed by atoms with E-state index in [-0.39, 0.29) is 0 Å². The summed E-state index contributed by atoms with van der Waals surface area (Å²) < 4.78 is 1.09. The summed E-state index contributed by atoms with van der Waals surface area (Å²) in [6, 6.07) is 8.03. The van der Waals surface area contributed by atoms with Crippen molar-refractivity contribution < 1.29 is 5.11 Å². The van der Waals surface area contributed by atoms with Crippen LogP contribution in [0, 0.1) is 13.8 Å². The average Bonchev–Trinajstić information content (AvgIpc) is 2.75. The fourth-order valence-corrected chi connectivity index (χ4v) is 2.88. The summed E-state index contributed by atoms with van der Waals surface area (Å²) >= 11 is 5.08. The van der Waals surface area contributed by atoms with Gasteiger partial charge < -0.3 is 5.11 Å². The van der Waals surface area contributed by atoms with Crippen LogP contribution in [-0.4, -0.2) is 5.11 Å². The fraction of sp³-hybridized carbons (Fsp3) is 0.231. The number of halogens is 1. The van der Waals surface area contributed by atoms with Gasteiger partial charge in [0.05, 0.1) is 0 Å². The quantitative estimate of drug-likeness (QED) is 0.880. The summed E-state index contributed by atoms with van der Waals surface area (Å²) in [7, 11) is 0. The molecule has 1 N–H and O–H groups in total. The molecular formula is C13H13BrOS. The van der Waals surface area contributed by atoms with Crippen LogP contribution >= 0.6 is 27.3 Å². The first kappa shape index (κ1) is 11.8. The maximum atomic E-state index is 10.3.